The molecule has 2 aromatic rings. The van der Waals surface area contributed by atoms with Crippen molar-refractivity contribution in [1.29, 1.82) is 0 Å². The maximum Gasteiger partial charge on any atom is 0.235 e. The van der Waals surface area contributed by atoms with Crippen LogP contribution in [0, 0.1) is 13.8 Å². The Bertz CT molecular complexity index is 1020. The van der Waals surface area contributed by atoms with Gasteiger partial charge < -0.3 is 9.64 Å². The van der Waals surface area contributed by atoms with Crippen molar-refractivity contribution in [2.45, 2.75) is 63.9 Å². The highest BCUT2D eigenvalue weighted by Gasteiger charge is 2.35. The van der Waals surface area contributed by atoms with Gasteiger partial charge in [0.05, 0.1) is 22.8 Å². The number of nitrogens with one attached hydrogen (secondary N) is 1. The van der Waals surface area contributed by atoms with E-state index < -0.39 is 10.0 Å². The average molecular weight is 448 g/mol. The highest BCUT2D eigenvalue weighted by Crippen LogP contribution is 2.29. The zero-order chi connectivity index (χ0) is 22.0. The van der Waals surface area contributed by atoms with E-state index in [2.05, 4.69) is 14.8 Å². The summed E-state index contributed by atoms with van der Waals surface area (Å²) in [5.74, 6) is 0.597. The number of carbonyl (C=O) groups excluding carboxylic acids is 1. The molecule has 0 atom stereocenters. The third kappa shape index (κ3) is 5.55. The van der Waals surface area contributed by atoms with Crippen LogP contribution in [0.25, 0.3) is 0 Å². The standard InChI is InChI=1S/C21H29N5O4S/c1-15-13-16(2)26(23-15)12-9-21(27)25-10-7-18(8-11-25)30-20-6-3-17(14-22-20)24-31(28,29)19-4-5-19/h3,6,13-14,18-19,24H,4-5,7-12H2,1-2H3. The Morgan fingerprint density at radius 3 is 2.52 bits per heavy atom. The molecule has 31 heavy (non-hydrogen) atoms. The first-order valence-electron chi connectivity index (χ1n) is 10.7. The Hall–Kier alpha value is -2.62. The fraction of sp³-hybridized carbons (Fsp3) is 0.571. The molecule has 3 heterocycles. The minimum atomic E-state index is -3.29. The maximum absolute atomic E-state index is 12.5. The Morgan fingerprint density at radius 1 is 1.19 bits per heavy atom. The number of ether oxygens (including phenoxy) is 1. The quantitative estimate of drug-likeness (QED) is 0.665. The smallest absolute Gasteiger partial charge is 0.235 e. The first-order valence-corrected chi connectivity index (χ1v) is 12.3. The van der Waals surface area contributed by atoms with Gasteiger partial charge in [-0.25, -0.2) is 13.4 Å². The molecule has 0 bridgehead atoms. The number of rotatable bonds is 8. The van der Waals surface area contributed by atoms with E-state index in [9.17, 15) is 13.2 Å². The molecule has 0 unspecified atom stereocenters. The van der Waals surface area contributed by atoms with E-state index in [4.69, 9.17) is 4.74 Å². The van der Waals surface area contributed by atoms with Crippen molar-refractivity contribution in [3.05, 3.63) is 35.8 Å². The predicted molar refractivity (Wildman–Crippen MR) is 116 cm³/mol. The molecule has 0 spiro atoms. The number of hydrogen-bond acceptors (Lipinski definition) is 6. The van der Waals surface area contributed by atoms with Crippen LogP contribution in [-0.4, -0.2) is 58.4 Å². The Kier molecular flexibility index (Phi) is 6.17. The second-order valence-electron chi connectivity index (χ2n) is 8.33. The van der Waals surface area contributed by atoms with Crippen molar-refractivity contribution >= 4 is 21.6 Å². The van der Waals surface area contributed by atoms with E-state index >= 15 is 0 Å². The highest BCUT2D eigenvalue weighted by molar-refractivity contribution is 7.93. The fourth-order valence-electron chi connectivity index (χ4n) is 3.79. The molecule has 0 aromatic carbocycles. The minimum absolute atomic E-state index is 0.0124. The van der Waals surface area contributed by atoms with E-state index in [0.29, 0.717) is 50.5 Å². The van der Waals surface area contributed by atoms with Gasteiger partial charge in [0.25, 0.3) is 0 Å². The molecule has 1 amide bonds. The number of sulfonamides is 1. The van der Waals surface area contributed by atoms with Gasteiger partial charge in [-0.2, -0.15) is 5.10 Å². The zero-order valence-corrected chi connectivity index (χ0v) is 18.8. The first-order chi connectivity index (χ1) is 14.8. The summed E-state index contributed by atoms with van der Waals surface area (Å²) < 4.78 is 34.4. The van der Waals surface area contributed by atoms with Crippen molar-refractivity contribution in [2.75, 3.05) is 17.8 Å². The van der Waals surface area contributed by atoms with Crippen LogP contribution in [0.4, 0.5) is 5.69 Å². The minimum Gasteiger partial charge on any atom is -0.474 e. The summed E-state index contributed by atoms with van der Waals surface area (Å²) in [6.07, 6.45) is 4.82. The molecule has 2 aromatic heterocycles. The molecule has 2 fully saturated rings. The summed E-state index contributed by atoms with van der Waals surface area (Å²) in [6, 6.07) is 5.35. The summed E-state index contributed by atoms with van der Waals surface area (Å²) in [5.41, 5.74) is 2.48. The van der Waals surface area contributed by atoms with Crippen molar-refractivity contribution in [2.24, 2.45) is 0 Å². The molecule has 0 radical (unpaired) electrons. The van der Waals surface area contributed by atoms with Crippen LogP contribution >= 0.6 is 0 Å². The van der Waals surface area contributed by atoms with Gasteiger partial charge >= 0.3 is 0 Å². The van der Waals surface area contributed by atoms with Gasteiger partial charge in [-0.15, -0.1) is 0 Å². The first kappa shape index (κ1) is 21.6. The van der Waals surface area contributed by atoms with Gasteiger partial charge in [-0.3, -0.25) is 14.2 Å². The Morgan fingerprint density at radius 2 is 1.94 bits per heavy atom. The van der Waals surface area contributed by atoms with Crippen LogP contribution in [0.3, 0.4) is 0 Å². The lowest BCUT2D eigenvalue weighted by Crippen LogP contribution is -2.42. The second kappa shape index (κ2) is 8.86. The van der Waals surface area contributed by atoms with Gasteiger partial charge in [-0.05, 0) is 38.8 Å². The third-order valence-corrected chi connectivity index (χ3v) is 7.55. The van der Waals surface area contributed by atoms with Crippen molar-refractivity contribution in [3.63, 3.8) is 0 Å². The highest BCUT2D eigenvalue weighted by atomic mass is 32.2. The van der Waals surface area contributed by atoms with E-state index in [0.717, 1.165) is 24.2 Å². The van der Waals surface area contributed by atoms with Crippen molar-refractivity contribution in [1.82, 2.24) is 19.7 Å². The largest absolute Gasteiger partial charge is 0.474 e. The summed E-state index contributed by atoms with van der Waals surface area (Å²) in [7, 11) is -3.29. The number of pyridine rings is 1. The molecular formula is C21H29N5O4S. The van der Waals surface area contributed by atoms with E-state index in [1.54, 1.807) is 12.1 Å². The van der Waals surface area contributed by atoms with Gasteiger partial charge in [0.2, 0.25) is 21.8 Å². The summed E-state index contributed by atoms with van der Waals surface area (Å²) in [5, 5.41) is 4.13. The number of amides is 1. The van der Waals surface area contributed by atoms with Gasteiger partial charge in [0.1, 0.15) is 6.10 Å². The molecule has 1 aliphatic heterocycles. The number of carbonyl (C=O) groups is 1. The number of aryl methyl sites for hydroxylation is 3. The molecule has 1 saturated carbocycles. The number of piperidine rings is 1. The van der Waals surface area contributed by atoms with E-state index in [-0.39, 0.29) is 17.3 Å². The molecule has 1 aliphatic carbocycles. The zero-order valence-electron chi connectivity index (χ0n) is 18.0. The molecule has 10 heteroatoms. The number of anilines is 1. The Balaban J connectivity index is 1.21. The number of nitrogens with zero attached hydrogens (tertiary/aromatic N) is 4. The molecule has 1 saturated heterocycles. The molecule has 9 nitrogen and oxygen atoms in total. The van der Waals surface area contributed by atoms with Crippen LogP contribution in [-0.2, 0) is 21.4 Å². The summed E-state index contributed by atoms with van der Waals surface area (Å²) >= 11 is 0. The second-order valence-corrected chi connectivity index (χ2v) is 10.3. The molecule has 168 valence electrons. The average Bonchev–Trinajstić information content (AvgIpc) is 3.54. The van der Waals surface area contributed by atoms with Gasteiger partial charge in [-0.1, -0.05) is 0 Å². The van der Waals surface area contributed by atoms with E-state index in [1.165, 1.54) is 6.20 Å². The molecule has 4 rings (SSSR count). The topological polar surface area (TPSA) is 106 Å². The number of hydrogen-bond donors (Lipinski definition) is 1. The maximum atomic E-state index is 12.5. The van der Waals surface area contributed by atoms with Gasteiger partial charge in [0, 0.05) is 50.7 Å². The number of likely N-dealkylation sites (tertiary alicyclic amines) is 1. The third-order valence-electron chi connectivity index (χ3n) is 5.68. The summed E-state index contributed by atoms with van der Waals surface area (Å²) in [6.45, 7) is 5.84. The fourth-order valence-corrected chi connectivity index (χ4v) is 5.16. The normalized spacial score (nSPS) is 17.5. The lowest BCUT2D eigenvalue weighted by Gasteiger charge is -2.32. The van der Waals surface area contributed by atoms with Crippen LogP contribution in [0.5, 0.6) is 5.88 Å². The lowest BCUT2D eigenvalue weighted by molar-refractivity contribution is -0.133. The van der Waals surface area contributed by atoms with Crippen molar-refractivity contribution in [3.8, 4) is 5.88 Å². The lowest BCUT2D eigenvalue weighted by atomic mass is 10.1. The SMILES string of the molecule is Cc1cc(C)n(CCC(=O)N2CCC(Oc3ccc(NS(=O)(=O)C4CC4)cn3)CC2)n1. The van der Waals surface area contributed by atoms with Crippen LogP contribution in [0.2, 0.25) is 0 Å². The van der Waals surface area contributed by atoms with E-state index in [1.807, 2.05) is 29.5 Å². The van der Waals surface area contributed by atoms with Crippen molar-refractivity contribution < 1.29 is 17.9 Å². The summed E-state index contributed by atoms with van der Waals surface area (Å²) in [4.78, 5) is 18.6. The monoisotopic (exact) mass is 447 g/mol. The van der Waals surface area contributed by atoms with Gasteiger partial charge in [0.15, 0.2) is 0 Å². The van der Waals surface area contributed by atoms with Crippen LogP contribution in [0.15, 0.2) is 24.4 Å². The van der Waals surface area contributed by atoms with Crippen LogP contribution < -0.4 is 9.46 Å². The molecular weight excluding hydrogens is 418 g/mol. The number of aromatic nitrogens is 3. The molecule has 2 aliphatic rings. The molecule has 1 N–H and O–H groups in total. The Labute approximate surface area is 182 Å². The van der Waals surface area contributed by atoms with Crippen LogP contribution in [0.1, 0.15) is 43.5 Å². The predicted octanol–water partition coefficient (Wildman–Crippen LogP) is 2.26.